The molecular formula is C11H15FN2O2S2. The van der Waals surface area contributed by atoms with E-state index in [4.69, 9.17) is 18.0 Å². The molecule has 1 aromatic rings. The molecule has 0 aliphatic heterocycles. The Hall–Kier alpha value is -1.05. The smallest absolute Gasteiger partial charge is 0.243 e. The summed E-state index contributed by atoms with van der Waals surface area (Å²) in [6, 6.07) is 3.58. The molecule has 7 heteroatoms. The monoisotopic (exact) mass is 290 g/mol. The van der Waals surface area contributed by atoms with E-state index in [2.05, 4.69) is 0 Å². The van der Waals surface area contributed by atoms with Crippen LogP contribution in [0.5, 0.6) is 0 Å². The molecule has 0 amide bonds. The Balaban J connectivity index is 3.02. The van der Waals surface area contributed by atoms with Crippen LogP contribution in [0.25, 0.3) is 0 Å². The van der Waals surface area contributed by atoms with Crippen molar-refractivity contribution in [1.29, 1.82) is 0 Å². The molecule has 0 saturated heterocycles. The number of sulfonamides is 1. The largest absolute Gasteiger partial charge is 0.393 e. The normalized spacial score (nSPS) is 11.8. The van der Waals surface area contributed by atoms with Gasteiger partial charge in [-0.25, -0.2) is 17.1 Å². The first-order chi connectivity index (χ1) is 8.25. The number of hydrogen-bond acceptors (Lipinski definition) is 3. The first-order valence-electron chi connectivity index (χ1n) is 5.26. The van der Waals surface area contributed by atoms with Gasteiger partial charge in [-0.3, -0.25) is 0 Å². The van der Waals surface area contributed by atoms with Gasteiger partial charge in [0, 0.05) is 20.0 Å². The summed E-state index contributed by atoms with van der Waals surface area (Å²) in [5, 5.41) is 0. The van der Waals surface area contributed by atoms with Crippen LogP contribution in [-0.2, 0) is 10.0 Å². The fraction of sp³-hybridized carbons (Fsp3) is 0.364. The van der Waals surface area contributed by atoms with Crippen molar-refractivity contribution >= 4 is 27.2 Å². The van der Waals surface area contributed by atoms with Gasteiger partial charge in [-0.2, -0.15) is 0 Å². The van der Waals surface area contributed by atoms with Crippen molar-refractivity contribution in [3.05, 3.63) is 29.6 Å². The van der Waals surface area contributed by atoms with E-state index >= 15 is 0 Å². The van der Waals surface area contributed by atoms with Crippen LogP contribution in [-0.4, -0.2) is 31.3 Å². The fourth-order valence-electron chi connectivity index (χ4n) is 1.46. The number of benzene rings is 1. The van der Waals surface area contributed by atoms with Gasteiger partial charge in [0.25, 0.3) is 0 Å². The number of nitrogens with two attached hydrogens (primary N) is 1. The standard InChI is InChI=1S/C11H15FN2O2S2/c1-8-7-9(12)3-4-10(8)18(15,16)14(2)6-5-11(13)17/h3-4,7H,5-6H2,1-2H3,(H2,13,17). The molecule has 0 aliphatic carbocycles. The van der Waals surface area contributed by atoms with Crippen molar-refractivity contribution < 1.29 is 12.8 Å². The summed E-state index contributed by atoms with van der Waals surface area (Å²) in [6.07, 6.45) is 0.311. The molecule has 0 unspecified atom stereocenters. The zero-order valence-corrected chi connectivity index (χ0v) is 11.8. The van der Waals surface area contributed by atoms with E-state index in [1.165, 1.54) is 19.2 Å². The highest BCUT2D eigenvalue weighted by Crippen LogP contribution is 2.19. The van der Waals surface area contributed by atoms with Crippen LogP contribution in [0.2, 0.25) is 0 Å². The second kappa shape index (κ2) is 5.73. The molecule has 0 bridgehead atoms. The SMILES string of the molecule is Cc1cc(F)ccc1S(=O)(=O)N(C)CCC(N)=S. The lowest BCUT2D eigenvalue weighted by molar-refractivity contribution is 0.478. The van der Waals surface area contributed by atoms with Gasteiger partial charge in [0.2, 0.25) is 10.0 Å². The van der Waals surface area contributed by atoms with Gasteiger partial charge in [-0.15, -0.1) is 0 Å². The van der Waals surface area contributed by atoms with Crippen LogP contribution >= 0.6 is 12.2 Å². The van der Waals surface area contributed by atoms with Crippen LogP contribution in [0, 0.1) is 12.7 Å². The molecule has 100 valence electrons. The van der Waals surface area contributed by atoms with Gasteiger partial charge in [0.05, 0.1) is 9.88 Å². The highest BCUT2D eigenvalue weighted by Gasteiger charge is 2.22. The number of rotatable bonds is 5. The number of nitrogens with zero attached hydrogens (tertiary/aromatic N) is 1. The molecule has 0 aliphatic rings. The predicted molar refractivity (Wildman–Crippen MR) is 72.4 cm³/mol. The summed E-state index contributed by atoms with van der Waals surface area (Å²) >= 11 is 4.70. The minimum atomic E-state index is -3.63. The zero-order chi connectivity index (χ0) is 13.9. The summed E-state index contributed by atoms with van der Waals surface area (Å²) < 4.78 is 38.5. The molecule has 2 N–H and O–H groups in total. The summed E-state index contributed by atoms with van der Waals surface area (Å²) in [5.41, 5.74) is 5.71. The summed E-state index contributed by atoms with van der Waals surface area (Å²) in [4.78, 5) is 0.349. The van der Waals surface area contributed by atoms with Gasteiger partial charge >= 0.3 is 0 Å². The number of thiocarbonyl (C=S) groups is 1. The Morgan fingerprint density at radius 3 is 2.61 bits per heavy atom. The van der Waals surface area contributed by atoms with Gasteiger partial charge < -0.3 is 5.73 Å². The third-order valence-corrected chi connectivity index (χ3v) is 4.72. The molecule has 0 spiro atoms. The van der Waals surface area contributed by atoms with Crippen LogP contribution in [0.15, 0.2) is 23.1 Å². The number of halogens is 1. The van der Waals surface area contributed by atoms with Crippen molar-refractivity contribution in [2.24, 2.45) is 5.73 Å². The van der Waals surface area contributed by atoms with Crippen LogP contribution < -0.4 is 5.73 Å². The molecule has 0 atom stereocenters. The first kappa shape index (κ1) is 15.0. The average Bonchev–Trinajstić information content (AvgIpc) is 2.24. The average molecular weight is 290 g/mol. The molecule has 18 heavy (non-hydrogen) atoms. The maximum atomic E-state index is 12.9. The lowest BCUT2D eigenvalue weighted by Gasteiger charge is -2.18. The van der Waals surface area contributed by atoms with Crippen molar-refractivity contribution in [3.8, 4) is 0 Å². The summed E-state index contributed by atoms with van der Waals surface area (Å²) in [7, 11) is -2.19. The highest BCUT2D eigenvalue weighted by atomic mass is 32.2. The topological polar surface area (TPSA) is 63.4 Å². The minimum Gasteiger partial charge on any atom is -0.393 e. The van der Waals surface area contributed by atoms with E-state index in [1.807, 2.05) is 0 Å². The summed E-state index contributed by atoms with van der Waals surface area (Å²) in [6.45, 7) is 1.76. The Kier molecular flexibility index (Phi) is 4.78. The Morgan fingerprint density at radius 1 is 1.50 bits per heavy atom. The molecule has 0 aromatic heterocycles. The van der Waals surface area contributed by atoms with Crippen molar-refractivity contribution in [2.45, 2.75) is 18.2 Å². The fourth-order valence-corrected chi connectivity index (χ4v) is 2.92. The molecule has 0 fully saturated rings. The van der Waals surface area contributed by atoms with Gasteiger partial charge in [0.15, 0.2) is 0 Å². The van der Waals surface area contributed by atoms with E-state index in [0.717, 1.165) is 10.4 Å². The molecule has 1 rings (SSSR count). The third kappa shape index (κ3) is 3.47. The molecule has 0 heterocycles. The van der Waals surface area contributed by atoms with E-state index in [0.29, 0.717) is 12.0 Å². The Bertz CT molecular complexity index is 558. The van der Waals surface area contributed by atoms with Crippen LogP contribution in [0.3, 0.4) is 0 Å². The van der Waals surface area contributed by atoms with E-state index in [1.54, 1.807) is 6.92 Å². The van der Waals surface area contributed by atoms with Crippen LogP contribution in [0.4, 0.5) is 4.39 Å². The molecule has 1 aromatic carbocycles. The van der Waals surface area contributed by atoms with Gasteiger partial charge in [0.1, 0.15) is 5.82 Å². The van der Waals surface area contributed by atoms with Crippen LogP contribution in [0.1, 0.15) is 12.0 Å². The summed E-state index contributed by atoms with van der Waals surface area (Å²) in [5.74, 6) is -0.461. The molecular weight excluding hydrogens is 275 g/mol. The second-order valence-electron chi connectivity index (χ2n) is 3.95. The number of aryl methyl sites for hydroxylation is 1. The lowest BCUT2D eigenvalue weighted by atomic mass is 10.2. The highest BCUT2D eigenvalue weighted by molar-refractivity contribution is 7.89. The van der Waals surface area contributed by atoms with Crippen molar-refractivity contribution in [2.75, 3.05) is 13.6 Å². The number of hydrogen-bond donors (Lipinski definition) is 1. The maximum absolute atomic E-state index is 12.9. The first-order valence-corrected chi connectivity index (χ1v) is 7.11. The van der Waals surface area contributed by atoms with Crippen molar-refractivity contribution in [1.82, 2.24) is 4.31 Å². The van der Waals surface area contributed by atoms with E-state index in [9.17, 15) is 12.8 Å². The third-order valence-electron chi connectivity index (χ3n) is 2.50. The quantitative estimate of drug-likeness (QED) is 0.833. The zero-order valence-electron chi connectivity index (χ0n) is 10.2. The molecule has 4 nitrogen and oxygen atoms in total. The van der Waals surface area contributed by atoms with E-state index in [-0.39, 0.29) is 16.4 Å². The molecule has 0 radical (unpaired) electrons. The Labute approximate surface area is 112 Å². The Morgan fingerprint density at radius 2 is 2.11 bits per heavy atom. The lowest BCUT2D eigenvalue weighted by Crippen LogP contribution is -2.30. The van der Waals surface area contributed by atoms with E-state index < -0.39 is 15.8 Å². The minimum absolute atomic E-state index is 0.0920. The van der Waals surface area contributed by atoms with Crippen molar-refractivity contribution in [3.63, 3.8) is 0 Å². The molecule has 0 saturated carbocycles. The maximum Gasteiger partial charge on any atom is 0.243 e. The van der Waals surface area contributed by atoms with Gasteiger partial charge in [-0.05, 0) is 30.7 Å². The van der Waals surface area contributed by atoms with Gasteiger partial charge in [-0.1, -0.05) is 12.2 Å². The second-order valence-corrected chi connectivity index (χ2v) is 6.49. The predicted octanol–water partition coefficient (Wildman–Crippen LogP) is 1.43.